The number of piperazine rings is 1. The fourth-order valence-corrected chi connectivity index (χ4v) is 5.77. The van der Waals surface area contributed by atoms with E-state index in [1.165, 1.54) is 18.2 Å². The molecule has 1 saturated carbocycles. The van der Waals surface area contributed by atoms with E-state index in [0.717, 1.165) is 49.6 Å². The van der Waals surface area contributed by atoms with Crippen molar-refractivity contribution in [1.29, 1.82) is 0 Å². The molecule has 1 heterocycles. The highest BCUT2D eigenvalue weighted by atomic mass is 32.1. The van der Waals surface area contributed by atoms with Gasteiger partial charge in [0.15, 0.2) is 0 Å². The predicted octanol–water partition coefficient (Wildman–Crippen LogP) is 6.97. The molecule has 5 nitrogen and oxygen atoms in total. The van der Waals surface area contributed by atoms with Gasteiger partial charge in [0.25, 0.3) is 0 Å². The summed E-state index contributed by atoms with van der Waals surface area (Å²) in [4.78, 5) is 4.90. The SMILES string of the molecule is C[C@@H]1CN(C(=S)COC2CCC(Nc3ccc(N)c(C(F)(F)F)c3)CC2)[C@@H](C)CN1c1ccc(C(F)(F)F)cc1. The van der Waals surface area contributed by atoms with Crippen LogP contribution in [0.3, 0.4) is 0 Å². The Morgan fingerprint density at radius 2 is 1.57 bits per heavy atom. The lowest BCUT2D eigenvalue weighted by atomic mass is 9.92. The van der Waals surface area contributed by atoms with Crippen molar-refractivity contribution in [1.82, 2.24) is 4.90 Å². The van der Waals surface area contributed by atoms with Gasteiger partial charge in [-0.25, -0.2) is 0 Å². The first-order chi connectivity index (χ1) is 18.7. The molecular formula is C28H34F6N4OS. The number of nitrogens with zero attached hydrogens (tertiary/aromatic N) is 2. The average molecular weight is 589 g/mol. The van der Waals surface area contributed by atoms with Gasteiger partial charge < -0.3 is 25.6 Å². The van der Waals surface area contributed by atoms with E-state index in [0.29, 0.717) is 30.4 Å². The monoisotopic (exact) mass is 588 g/mol. The number of hydrogen-bond donors (Lipinski definition) is 2. The lowest BCUT2D eigenvalue weighted by Gasteiger charge is -2.46. The maximum absolute atomic E-state index is 13.2. The second-order valence-electron chi connectivity index (χ2n) is 10.7. The lowest BCUT2D eigenvalue weighted by molar-refractivity contribution is -0.138. The summed E-state index contributed by atoms with van der Waals surface area (Å²) in [6, 6.07) is 9.25. The largest absolute Gasteiger partial charge is 0.418 e. The molecule has 0 bridgehead atoms. The third-order valence-corrected chi connectivity index (χ3v) is 8.03. The molecule has 0 aromatic heterocycles. The smallest absolute Gasteiger partial charge is 0.398 e. The van der Waals surface area contributed by atoms with Crippen molar-refractivity contribution in [2.75, 3.05) is 35.6 Å². The van der Waals surface area contributed by atoms with Crippen LogP contribution in [0.1, 0.15) is 50.7 Å². The second-order valence-corrected chi connectivity index (χ2v) is 11.1. The van der Waals surface area contributed by atoms with Crippen LogP contribution in [0.25, 0.3) is 0 Å². The number of halogens is 6. The maximum atomic E-state index is 13.2. The minimum atomic E-state index is -4.50. The Balaban J connectivity index is 1.23. The van der Waals surface area contributed by atoms with Gasteiger partial charge in [-0.15, -0.1) is 0 Å². The molecule has 1 saturated heterocycles. The van der Waals surface area contributed by atoms with E-state index in [1.54, 1.807) is 6.07 Å². The summed E-state index contributed by atoms with van der Waals surface area (Å²) in [5.74, 6) is 0. The van der Waals surface area contributed by atoms with Crippen LogP contribution < -0.4 is 16.0 Å². The van der Waals surface area contributed by atoms with E-state index in [9.17, 15) is 26.3 Å². The molecule has 1 aliphatic heterocycles. The van der Waals surface area contributed by atoms with Gasteiger partial charge in [-0.2, -0.15) is 26.3 Å². The van der Waals surface area contributed by atoms with Gasteiger partial charge >= 0.3 is 12.4 Å². The van der Waals surface area contributed by atoms with Crippen molar-refractivity contribution in [2.24, 2.45) is 0 Å². The van der Waals surface area contributed by atoms with E-state index in [4.69, 9.17) is 22.7 Å². The second kappa shape index (κ2) is 12.0. The molecule has 2 atom stereocenters. The summed E-state index contributed by atoms with van der Waals surface area (Å²) in [6.45, 7) is 5.59. The third kappa shape index (κ3) is 7.31. The Hall–Kier alpha value is -2.73. The van der Waals surface area contributed by atoms with Crippen LogP contribution in [-0.4, -0.2) is 53.8 Å². The zero-order valence-corrected chi connectivity index (χ0v) is 23.2. The number of thiocarbonyl (C=S) groups is 1. The van der Waals surface area contributed by atoms with Gasteiger partial charge in [-0.05, 0) is 82.0 Å². The first kappa shape index (κ1) is 30.2. The van der Waals surface area contributed by atoms with Gasteiger partial charge in [-0.3, -0.25) is 0 Å². The van der Waals surface area contributed by atoms with E-state index in [-0.39, 0.29) is 29.9 Å². The van der Waals surface area contributed by atoms with E-state index < -0.39 is 23.5 Å². The van der Waals surface area contributed by atoms with Gasteiger partial charge in [0, 0.05) is 48.3 Å². The molecular weight excluding hydrogens is 554 g/mol. The Morgan fingerprint density at radius 1 is 0.925 bits per heavy atom. The van der Waals surface area contributed by atoms with E-state index in [1.807, 2.05) is 13.8 Å². The first-order valence-electron chi connectivity index (χ1n) is 13.3. The number of rotatable bonds is 6. The van der Waals surface area contributed by atoms with Crippen LogP contribution in [0.15, 0.2) is 42.5 Å². The summed E-state index contributed by atoms with van der Waals surface area (Å²) in [6.07, 6.45) is -5.84. The normalized spacial score (nSPS) is 24.2. The van der Waals surface area contributed by atoms with Crippen molar-refractivity contribution in [3.8, 4) is 0 Å². The Morgan fingerprint density at radius 3 is 2.17 bits per heavy atom. The average Bonchev–Trinajstić information content (AvgIpc) is 2.89. The standard InChI is InChI=1S/C28H34F6N4OS/c1-17-15-38(18(2)14-37(17)22-8-3-19(4-9-22)27(29,30)31)26(40)16-39-23-10-5-20(6-11-23)36-21-7-12-25(35)24(13-21)28(32,33)34/h3-4,7-9,12-13,17-18,20,23,36H,5-6,10-11,14-16,35H2,1-2H3/t17-,18+,20?,23?/m1/s1. The number of alkyl halides is 6. The van der Waals surface area contributed by atoms with Gasteiger partial charge in [0.1, 0.15) is 4.99 Å². The summed E-state index contributed by atoms with van der Waals surface area (Å²) < 4.78 is 84.4. The van der Waals surface area contributed by atoms with Gasteiger partial charge in [0.2, 0.25) is 0 Å². The molecule has 2 aromatic rings. The van der Waals surface area contributed by atoms with Crippen molar-refractivity contribution in [3.05, 3.63) is 53.6 Å². The fourth-order valence-electron chi connectivity index (χ4n) is 5.45. The van der Waals surface area contributed by atoms with Crippen molar-refractivity contribution < 1.29 is 31.1 Å². The molecule has 0 spiro atoms. The topological polar surface area (TPSA) is 53.8 Å². The molecule has 2 aliphatic rings. The molecule has 4 rings (SSSR count). The number of anilines is 3. The van der Waals surface area contributed by atoms with Crippen molar-refractivity contribution in [2.45, 2.75) is 76.1 Å². The molecule has 40 heavy (non-hydrogen) atoms. The quantitative estimate of drug-likeness (QED) is 0.216. The van der Waals surface area contributed by atoms with E-state index in [2.05, 4.69) is 15.1 Å². The number of nitrogens with one attached hydrogen (secondary N) is 1. The van der Waals surface area contributed by atoms with Crippen LogP contribution in [0.4, 0.5) is 43.4 Å². The zero-order chi connectivity index (χ0) is 29.2. The minimum Gasteiger partial charge on any atom is -0.398 e. The molecule has 0 radical (unpaired) electrons. The summed E-state index contributed by atoms with van der Waals surface area (Å²) in [7, 11) is 0. The summed E-state index contributed by atoms with van der Waals surface area (Å²) in [5.41, 5.74) is 4.83. The minimum absolute atomic E-state index is 0.00863. The lowest BCUT2D eigenvalue weighted by Crippen LogP contribution is -2.58. The van der Waals surface area contributed by atoms with Gasteiger partial charge in [-0.1, -0.05) is 12.2 Å². The summed E-state index contributed by atoms with van der Waals surface area (Å²) in [5, 5.41) is 3.19. The molecule has 3 N–H and O–H groups in total. The highest BCUT2D eigenvalue weighted by Crippen LogP contribution is 2.36. The molecule has 2 fully saturated rings. The van der Waals surface area contributed by atoms with Crippen LogP contribution in [0.5, 0.6) is 0 Å². The molecule has 2 aromatic carbocycles. The van der Waals surface area contributed by atoms with Crippen LogP contribution in [-0.2, 0) is 17.1 Å². The number of benzene rings is 2. The van der Waals surface area contributed by atoms with Crippen LogP contribution in [0.2, 0.25) is 0 Å². The third-order valence-electron chi connectivity index (χ3n) is 7.68. The number of nitrogen functional groups attached to an aromatic ring is 1. The maximum Gasteiger partial charge on any atom is 0.418 e. The van der Waals surface area contributed by atoms with Crippen molar-refractivity contribution >= 4 is 34.3 Å². The summed E-state index contributed by atoms with van der Waals surface area (Å²) >= 11 is 5.69. The first-order valence-corrected chi connectivity index (χ1v) is 13.7. The molecule has 0 amide bonds. The zero-order valence-electron chi connectivity index (χ0n) is 22.4. The van der Waals surface area contributed by atoms with Crippen LogP contribution in [0, 0.1) is 0 Å². The Bertz CT molecular complexity index is 1160. The Kier molecular flexibility index (Phi) is 9.08. The van der Waals surface area contributed by atoms with Crippen molar-refractivity contribution in [3.63, 3.8) is 0 Å². The molecule has 1 aliphatic carbocycles. The molecule has 220 valence electrons. The number of ether oxygens (including phenoxy) is 1. The highest BCUT2D eigenvalue weighted by Gasteiger charge is 2.35. The number of nitrogens with two attached hydrogens (primary N) is 1. The molecule has 12 heteroatoms. The number of hydrogen-bond acceptors (Lipinski definition) is 5. The van der Waals surface area contributed by atoms with Crippen LogP contribution >= 0.6 is 12.2 Å². The van der Waals surface area contributed by atoms with Gasteiger partial charge in [0.05, 0.1) is 23.8 Å². The van der Waals surface area contributed by atoms with E-state index >= 15 is 0 Å². The Labute approximate surface area is 235 Å². The highest BCUT2D eigenvalue weighted by molar-refractivity contribution is 7.80. The molecule has 0 unspecified atom stereocenters. The predicted molar refractivity (Wildman–Crippen MR) is 148 cm³/mol. The fraction of sp³-hybridized carbons (Fsp3) is 0.536.